The molecule has 202 valence electrons. The number of ether oxygens (including phenoxy) is 1. The van der Waals surface area contributed by atoms with E-state index < -0.39 is 5.97 Å². The molecule has 7 nitrogen and oxygen atoms in total. The molecule has 0 saturated heterocycles. The Labute approximate surface area is 237 Å². The molecule has 0 aliphatic rings. The summed E-state index contributed by atoms with van der Waals surface area (Å²) in [6, 6.07) is 19.0. The van der Waals surface area contributed by atoms with Gasteiger partial charge < -0.3 is 24.5 Å². The van der Waals surface area contributed by atoms with Gasteiger partial charge in [-0.3, -0.25) is 0 Å². The first-order valence-corrected chi connectivity index (χ1v) is 13.4. The van der Waals surface area contributed by atoms with Crippen LogP contribution in [-0.2, 0) is 17.8 Å². The molecule has 0 radical (unpaired) electrons. The summed E-state index contributed by atoms with van der Waals surface area (Å²) in [4.78, 5) is 27.3. The lowest BCUT2D eigenvalue weighted by molar-refractivity contribution is -0.107. The van der Waals surface area contributed by atoms with Crippen LogP contribution in [0.4, 0.5) is 0 Å². The van der Waals surface area contributed by atoms with Crippen LogP contribution in [0.25, 0.3) is 11.3 Å². The van der Waals surface area contributed by atoms with E-state index in [1.165, 1.54) is 12.1 Å². The van der Waals surface area contributed by atoms with Gasteiger partial charge in [0.15, 0.2) is 0 Å². The van der Waals surface area contributed by atoms with Crippen molar-refractivity contribution in [2.45, 2.75) is 38.8 Å². The van der Waals surface area contributed by atoms with Gasteiger partial charge in [-0.05, 0) is 73.0 Å². The minimum absolute atomic E-state index is 0.190. The fourth-order valence-corrected chi connectivity index (χ4v) is 4.72. The van der Waals surface area contributed by atoms with Gasteiger partial charge in [-0.2, -0.15) is 0 Å². The van der Waals surface area contributed by atoms with Crippen molar-refractivity contribution in [3.63, 3.8) is 0 Å². The van der Waals surface area contributed by atoms with Crippen LogP contribution in [0.2, 0.25) is 10.0 Å². The molecule has 1 aromatic heterocycles. The molecule has 0 saturated carbocycles. The molecule has 1 unspecified atom stereocenters. The number of halogens is 2. The van der Waals surface area contributed by atoms with Gasteiger partial charge in [0.2, 0.25) is 0 Å². The number of rotatable bonds is 13. The number of hydrogen-bond acceptors (Lipinski definition) is 5. The molecule has 2 N–H and O–H groups in total. The SMILES string of the molecule is CCCCn1cc(-c2ccc(Cl)cc2Cl)nc1C(Cc1ccc(Oc2ccc(C(=O)O)cc2)cc1)NCC=O. The molecular weight excluding hydrogens is 537 g/mol. The van der Waals surface area contributed by atoms with Crippen LogP contribution in [0.5, 0.6) is 11.5 Å². The number of carboxylic acid groups (broad SMARTS) is 1. The van der Waals surface area contributed by atoms with Gasteiger partial charge >= 0.3 is 5.97 Å². The topological polar surface area (TPSA) is 93.5 Å². The van der Waals surface area contributed by atoms with Crippen LogP contribution in [0.1, 0.15) is 47.6 Å². The van der Waals surface area contributed by atoms with Crippen molar-refractivity contribution in [2.75, 3.05) is 6.54 Å². The largest absolute Gasteiger partial charge is 0.478 e. The summed E-state index contributed by atoms with van der Waals surface area (Å²) in [5, 5.41) is 13.5. The normalized spacial score (nSPS) is 11.8. The third-order valence-electron chi connectivity index (χ3n) is 6.23. The number of carbonyl (C=O) groups is 2. The summed E-state index contributed by atoms with van der Waals surface area (Å²) in [5.41, 5.74) is 2.77. The Balaban J connectivity index is 1.57. The Morgan fingerprint density at radius 2 is 1.77 bits per heavy atom. The highest BCUT2D eigenvalue weighted by molar-refractivity contribution is 6.36. The summed E-state index contributed by atoms with van der Waals surface area (Å²) in [6.07, 6.45) is 5.45. The van der Waals surface area contributed by atoms with Crippen molar-refractivity contribution in [1.29, 1.82) is 0 Å². The monoisotopic (exact) mass is 565 g/mol. The number of carboxylic acids is 1. The highest BCUT2D eigenvalue weighted by Gasteiger charge is 2.21. The number of unbranched alkanes of at least 4 members (excludes halogenated alkanes) is 1. The molecule has 1 heterocycles. The van der Waals surface area contributed by atoms with Crippen molar-refractivity contribution in [1.82, 2.24) is 14.9 Å². The summed E-state index contributed by atoms with van der Waals surface area (Å²) >= 11 is 12.6. The molecule has 4 aromatic rings. The first kappa shape index (κ1) is 28.4. The van der Waals surface area contributed by atoms with Crippen LogP contribution in [0.3, 0.4) is 0 Å². The zero-order chi connectivity index (χ0) is 27.8. The van der Waals surface area contributed by atoms with E-state index in [0.717, 1.165) is 48.3 Å². The molecule has 39 heavy (non-hydrogen) atoms. The fourth-order valence-electron chi connectivity index (χ4n) is 4.22. The van der Waals surface area contributed by atoms with Gasteiger partial charge in [-0.15, -0.1) is 0 Å². The van der Waals surface area contributed by atoms with E-state index >= 15 is 0 Å². The zero-order valence-corrected chi connectivity index (χ0v) is 23.0. The van der Waals surface area contributed by atoms with E-state index in [9.17, 15) is 9.59 Å². The molecule has 0 aliphatic heterocycles. The van der Waals surface area contributed by atoms with Crippen LogP contribution < -0.4 is 10.1 Å². The molecular formula is C30H29Cl2N3O4. The summed E-state index contributed by atoms with van der Waals surface area (Å²) in [5.74, 6) is 1.01. The van der Waals surface area contributed by atoms with Gasteiger partial charge in [-0.25, -0.2) is 9.78 Å². The third kappa shape index (κ3) is 7.47. The zero-order valence-electron chi connectivity index (χ0n) is 21.4. The number of aryl methyl sites for hydroxylation is 1. The van der Waals surface area contributed by atoms with Gasteiger partial charge in [0.25, 0.3) is 0 Å². The Morgan fingerprint density at radius 1 is 1.08 bits per heavy atom. The highest BCUT2D eigenvalue weighted by Crippen LogP contribution is 2.32. The molecule has 9 heteroatoms. The predicted octanol–water partition coefficient (Wildman–Crippen LogP) is 7.22. The molecule has 3 aromatic carbocycles. The second kappa shape index (κ2) is 13.4. The van der Waals surface area contributed by atoms with Crippen LogP contribution in [-0.4, -0.2) is 33.5 Å². The fraction of sp³-hybridized carbons (Fsp3) is 0.233. The average molecular weight is 566 g/mol. The Morgan fingerprint density at radius 3 is 2.38 bits per heavy atom. The summed E-state index contributed by atoms with van der Waals surface area (Å²) < 4.78 is 7.99. The second-order valence-corrected chi connectivity index (χ2v) is 9.91. The average Bonchev–Trinajstić information content (AvgIpc) is 3.34. The lowest BCUT2D eigenvalue weighted by Crippen LogP contribution is -2.28. The lowest BCUT2D eigenvalue weighted by Gasteiger charge is -2.19. The second-order valence-electron chi connectivity index (χ2n) is 9.06. The molecule has 1 atom stereocenters. The Hall–Kier alpha value is -3.65. The molecule has 0 fully saturated rings. The van der Waals surface area contributed by atoms with Crippen molar-refractivity contribution < 1.29 is 19.4 Å². The number of nitrogens with zero attached hydrogens (tertiary/aromatic N) is 2. The summed E-state index contributed by atoms with van der Waals surface area (Å²) in [6.45, 7) is 3.12. The number of imidazole rings is 1. The summed E-state index contributed by atoms with van der Waals surface area (Å²) in [7, 11) is 0. The Kier molecular flexibility index (Phi) is 9.76. The van der Waals surface area contributed by atoms with Crippen molar-refractivity contribution in [3.05, 3.63) is 99.9 Å². The maximum absolute atomic E-state index is 11.3. The van der Waals surface area contributed by atoms with E-state index in [1.807, 2.05) is 36.5 Å². The number of aromatic nitrogens is 2. The van der Waals surface area contributed by atoms with Crippen molar-refractivity contribution in [2.24, 2.45) is 0 Å². The minimum atomic E-state index is -0.984. The number of carbonyl (C=O) groups excluding carboxylic acids is 1. The van der Waals surface area contributed by atoms with Gasteiger partial charge in [-0.1, -0.05) is 48.7 Å². The van der Waals surface area contributed by atoms with Crippen molar-refractivity contribution >= 4 is 35.5 Å². The number of aromatic carboxylic acids is 1. The molecule has 0 spiro atoms. The van der Waals surface area contributed by atoms with E-state index in [1.54, 1.807) is 24.3 Å². The van der Waals surface area contributed by atoms with E-state index in [2.05, 4.69) is 16.8 Å². The molecule has 0 bridgehead atoms. The Bertz CT molecular complexity index is 1420. The van der Waals surface area contributed by atoms with Gasteiger partial charge in [0, 0.05) is 23.3 Å². The highest BCUT2D eigenvalue weighted by atomic mass is 35.5. The predicted molar refractivity (Wildman–Crippen MR) is 153 cm³/mol. The van der Waals surface area contributed by atoms with Crippen LogP contribution in [0, 0.1) is 0 Å². The number of aldehydes is 1. The van der Waals surface area contributed by atoms with Crippen LogP contribution >= 0.6 is 23.2 Å². The smallest absolute Gasteiger partial charge is 0.335 e. The quantitative estimate of drug-likeness (QED) is 0.166. The minimum Gasteiger partial charge on any atom is -0.478 e. The number of benzene rings is 3. The lowest BCUT2D eigenvalue weighted by atomic mass is 10.0. The number of nitrogens with one attached hydrogen (secondary N) is 1. The first-order valence-electron chi connectivity index (χ1n) is 12.7. The third-order valence-corrected chi connectivity index (χ3v) is 6.77. The molecule has 0 amide bonds. The van der Waals surface area contributed by atoms with E-state index in [0.29, 0.717) is 28.0 Å². The number of hydrogen-bond donors (Lipinski definition) is 2. The van der Waals surface area contributed by atoms with Gasteiger partial charge in [0.05, 0.1) is 28.9 Å². The first-order chi connectivity index (χ1) is 18.9. The van der Waals surface area contributed by atoms with E-state index in [-0.39, 0.29) is 18.2 Å². The molecule has 4 rings (SSSR count). The van der Waals surface area contributed by atoms with Gasteiger partial charge in [0.1, 0.15) is 23.6 Å². The maximum Gasteiger partial charge on any atom is 0.335 e. The van der Waals surface area contributed by atoms with Crippen LogP contribution in [0.15, 0.2) is 72.9 Å². The van der Waals surface area contributed by atoms with Crippen molar-refractivity contribution in [3.8, 4) is 22.8 Å². The maximum atomic E-state index is 11.3. The molecule has 0 aliphatic carbocycles. The van der Waals surface area contributed by atoms with E-state index in [4.69, 9.17) is 38.0 Å². The standard InChI is InChI=1S/C30H29Cl2N3O4/c1-2-3-15-35-19-28(25-13-8-22(31)18-26(25)32)34-29(35)27(33-14-16-36)17-20-4-9-23(10-5-20)39-24-11-6-21(7-12-24)30(37)38/h4-13,16,18-19,27,33H,2-3,14-15,17H2,1H3,(H,37,38).